The topological polar surface area (TPSA) is 26.3 Å². The van der Waals surface area contributed by atoms with E-state index in [1.165, 1.54) is 13.0 Å². The van der Waals surface area contributed by atoms with E-state index in [1.807, 2.05) is 6.92 Å². The molecule has 0 aliphatic rings. The molecule has 0 amide bonds. The highest BCUT2D eigenvalue weighted by atomic mass is 31.0. The molecule has 0 aliphatic heterocycles. The van der Waals surface area contributed by atoms with Crippen LogP contribution in [0, 0.1) is 5.82 Å². The molecule has 1 rings (SSSR count). The van der Waals surface area contributed by atoms with Gasteiger partial charge in [-0.05, 0) is 24.1 Å². The van der Waals surface area contributed by atoms with Crippen molar-refractivity contribution in [2.24, 2.45) is 0 Å². The molecule has 0 fully saturated rings. The van der Waals surface area contributed by atoms with Gasteiger partial charge in [0.15, 0.2) is 0 Å². The van der Waals surface area contributed by atoms with E-state index in [1.54, 1.807) is 12.1 Å². The number of carbonyl (C=O) groups excluding carboxylic acids is 1. The second kappa shape index (κ2) is 5.95. The molecule has 0 bridgehead atoms. The summed E-state index contributed by atoms with van der Waals surface area (Å²) in [5.41, 5.74) is 0.837. The highest BCUT2D eigenvalue weighted by molar-refractivity contribution is 7.27. The molecule has 2 nitrogen and oxygen atoms in total. The third-order valence-electron chi connectivity index (χ3n) is 2.25. The van der Waals surface area contributed by atoms with Crippen LogP contribution in [0.2, 0.25) is 0 Å². The summed E-state index contributed by atoms with van der Waals surface area (Å²) in [6.45, 7) is 3.40. The van der Waals surface area contributed by atoms with Gasteiger partial charge in [0.25, 0.3) is 0 Å². The lowest BCUT2D eigenvalue weighted by molar-refractivity contribution is -0.147. The van der Waals surface area contributed by atoms with Crippen molar-refractivity contribution in [1.82, 2.24) is 0 Å². The Bertz CT molecular complexity index is 379. The fourth-order valence-corrected chi connectivity index (χ4v) is 1.81. The Morgan fingerprint density at radius 1 is 1.56 bits per heavy atom. The van der Waals surface area contributed by atoms with E-state index in [0.717, 1.165) is 18.4 Å². The first kappa shape index (κ1) is 13.1. The first-order valence-corrected chi connectivity index (χ1v) is 5.84. The third-order valence-corrected chi connectivity index (χ3v) is 2.69. The van der Waals surface area contributed by atoms with Crippen LogP contribution in [-0.4, -0.2) is 5.97 Å². The van der Waals surface area contributed by atoms with Crippen molar-refractivity contribution < 1.29 is 13.9 Å². The number of esters is 1. The Morgan fingerprint density at radius 3 is 2.75 bits per heavy atom. The van der Waals surface area contributed by atoms with Crippen molar-refractivity contribution in [3.05, 3.63) is 29.6 Å². The number of halogens is 1. The lowest BCUT2D eigenvalue weighted by Crippen LogP contribution is -2.11. The number of rotatable bonds is 4. The monoisotopic (exact) mass is 242 g/mol. The van der Waals surface area contributed by atoms with Crippen molar-refractivity contribution in [2.45, 2.75) is 32.8 Å². The predicted octanol–water partition coefficient (Wildman–Crippen LogP) is 2.73. The molecule has 0 radical (unpaired) electrons. The van der Waals surface area contributed by atoms with E-state index >= 15 is 0 Å². The smallest absolute Gasteiger partial charge is 0.303 e. The summed E-state index contributed by atoms with van der Waals surface area (Å²) in [4.78, 5) is 11.0. The van der Waals surface area contributed by atoms with Gasteiger partial charge in [-0.25, -0.2) is 4.39 Å². The van der Waals surface area contributed by atoms with Crippen LogP contribution in [0.1, 0.15) is 38.4 Å². The molecule has 0 N–H and O–H groups in total. The highest BCUT2D eigenvalue weighted by Gasteiger charge is 2.14. The van der Waals surface area contributed by atoms with Gasteiger partial charge in [-0.2, -0.15) is 0 Å². The molecule has 16 heavy (non-hydrogen) atoms. The van der Waals surface area contributed by atoms with E-state index in [0.29, 0.717) is 5.30 Å². The second-order valence-electron chi connectivity index (χ2n) is 3.67. The Labute approximate surface area is 97.4 Å². The average Bonchev–Trinajstić information content (AvgIpc) is 2.21. The molecule has 2 atom stereocenters. The summed E-state index contributed by atoms with van der Waals surface area (Å²) in [7, 11) is 2.33. The quantitative estimate of drug-likeness (QED) is 0.599. The van der Waals surface area contributed by atoms with E-state index in [4.69, 9.17) is 4.74 Å². The number of carbonyl (C=O) groups is 1. The maximum Gasteiger partial charge on any atom is 0.303 e. The first-order valence-electron chi connectivity index (χ1n) is 5.26. The summed E-state index contributed by atoms with van der Waals surface area (Å²) in [5, 5.41) is 0.491. The van der Waals surface area contributed by atoms with E-state index in [9.17, 15) is 9.18 Å². The van der Waals surface area contributed by atoms with Gasteiger partial charge < -0.3 is 4.74 Å². The van der Waals surface area contributed by atoms with E-state index in [2.05, 4.69) is 9.24 Å². The fourth-order valence-electron chi connectivity index (χ4n) is 1.52. The van der Waals surface area contributed by atoms with Crippen molar-refractivity contribution >= 4 is 20.5 Å². The minimum Gasteiger partial charge on any atom is -0.458 e. The van der Waals surface area contributed by atoms with Gasteiger partial charge >= 0.3 is 5.97 Å². The highest BCUT2D eigenvalue weighted by Crippen LogP contribution is 2.23. The third kappa shape index (κ3) is 3.57. The molecular formula is C12H16FO2P. The maximum atomic E-state index is 13.1. The minimum absolute atomic E-state index is 0.271. The van der Waals surface area contributed by atoms with Crippen LogP contribution in [0.4, 0.5) is 4.39 Å². The van der Waals surface area contributed by atoms with Gasteiger partial charge in [0, 0.05) is 12.2 Å². The Balaban J connectivity index is 2.91. The van der Waals surface area contributed by atoms with E-state index < -0.39 is 0 Å². The molecule has 0 aromatic heterocycles. The predicted molar refractivity (Wildman–Crippen MR) is 65.2 cm³/mol. The Kier molecular flexibility index (Phi) is 4.88. The minimum atomic E-state index is -0.312. The SMILES string of the molecule is CCCC(OC(C)=O)c1ccc(F)c(P)c1. The van der Waals surface area contributed by atoms with Crippen LogP contribution >= 0.6 is 9.24 Å². The summed E-state index contributed by atoms with van der Waals surface area (Å²) >= 11 is 0. The van der Waals surface area contributed by atoms with Gasteiger partial charge in [0.1, 0.15) is 11.9 Å². The standard InChI is InChI=1S/C12H16FO2P/c1-3-4-11(15-8(2)14)9-5-6-10(13)12(16)7-9/h5-7,11H,3-4,16H2,1-2H3. The molecule has 0 heterocycles. The normalized spacial score (nSPS) is 12.2. The summed E-state index contributed by atoms with van der Waals surface area (Å²) in [6.07, 6.45) is 1.37. The molecule has 1 aromatic carbocycles. The van der Waals surface area contributed by atoms with Gasteiger partial charge in [-0.15, -0.1) is 9.24 Å². The lowest BCUT2D eigenvalue weighted by atomic mass is 10.1. The first-order chi connectivity index (χ1) is 7.54. The summed E-state index contributed by atoms with van der Waals surface area (Å²) in [6, 6.07) is 4.75. The number of hydrogen-bond acceptors (Lipinski definition) is 2. The summed E-state index contributed by atoms with van der Waals surface area (Å²) in [5.74, 6) is -0.583. The Hall–Kier alpha value is -0.950. The molecule has 1 aromatic rings. The van der Waals surface area contributed by atoms with Crippen LogP contribution in [-0.2, 0) is 9.53 Å². The van der Waals surface area contributed by atoms with Crippen LogP contribution in [0.25, 0.3) is 0 Å². The molecule has 0 aliphatic carbocycles. The molecule has 88 valence electrons. The second-order valence-corrected chi connectivity index (χ2v) is 4.29. The van der Waals surface area contributed by atoms with Crippen LogP contribution in [0.5, 0.6) is 0 Å². The van der Waals surface area contributed by atoms with Crippen molar-refractivity contribution in [3.8, 4) is 0 Å². The average molecular weight is 242 g/mol. The zero-order valence-corrected chi connectivity index (χ0v) is 10.7. The molecule has 2 unspecified atom stereocenters. The van der Waals surface area contributed by atoms with Crippen molar-refractivity contribution in [2.75, 3.05) is 0 Å². The lowest BCUT2D eigenvalue weighted by Gasteiger charge is -2.17. The van der Waals surface area contributed by atoms with Gasteiger partial charge in [-0.3, -0.25) is 4.79 Å². The number of benzene rings is 1. The molecular weight excluding hydrogens is 226 g/mol. The molecule has 4 heteroatoms. The number of ether oxygens (including phenoxy) is 1. The molecule has 0 spiro atoms. The summed E-state index contributed by atoms with van der Waals surface area (Å²) < 4.78 is 18.3. The largest absolute Gasteiger partial charge is 0.458 e. The van der Waals surface area contributed by atoms with Crippen LogP contribution in [0.15, 0.2) is 18.2 Å². The maximum absolute atomic E-state index is 13.1. The fraction of sp³-hybridized carbons (Fsp3) is 0.417. The molecule has 0 saturated carbocycles. The number of hydrogen-bond donors (Lipinski definition) is 0. The van der Waals surface area contributed by atoms with Crippen LogP contribution < -0.4 is 5.30 Å². The van der Waals surface area contributed by atoms with E-state index in [-0.39, 0.29) is 17.9 Å². The van der Waals surface area contributed by atoms with Crippen LogP contribution in [0.3, 0.4) is 0 Å². The van der Waals surface area contributed by atoms with Crippen molar-refractivity contribution in [3.63, 3.8) is 0 Å². The van der Waals surface area contributed by atoms with Gasteiger partial charge in [-0.1, -0.05) is 19.4 Å². The van der Waals surface area contributed by atoms with Gasteiger partial charge in [0.2, 0.25) is 0 Å². The molecule has 0 saturated heterocycles. The zero-order valence-electron chi connectivity index (χ0n) is 9.50. The zero-order chi connectivity index (χ0) is 12.1. The Morgan fingerprint density at radius 2 is 2.25 bits per heavy atom. The van der Waals surface area contributed by atoms with Crippen molar-refractivity contribution in [1.29, 1.82) is 0 Å². The van der Waals surface area contributed by atoms with Gasteiger partial charge in [0.05, 0.1) is 0 Å².